The number of oxazole rings is 1. The minimum atomic E-state index is -0.332. The third-order valence-corrected chi connectivity index (χ3v) is 4.33. The Bertz CT molecular complexity index is 1030. The van der Waals surface area contributed by atoms with Crippen molar-refractivity contribution in [1.29, 1.82) is 0 Å². The number of aryl methyl sites for hydroxylation is 1. The van der Waals surface area contributed by atoms with Crippen LogP contribution in [0.2, 0.25) is 5.02 Å². The second-order valence-electron chi connectivity index (χ2n) is 6.04. The molecule has 0 amide bonds. The van der Waals surface area contributed by atoms with Crippen molar-refractivity contribution in [3.63, 3.8) is 0 Å². The zero-order valence-electron chi connectivity index (χ0n) is 14.4. The summed E-state index contributed by atoms with van der Waals surface area (Å²) in [5.41, 5.74) is 1.66. The number of esters is 1. The number of benzene rings is 2. The van der Waals surface area contributed by atoms with Crippen molar-refractivity contribution in [3.8, 4) is 11.3 Å². The third-order valence-electron chi connectivity index (χ3n) is 4.08. The zero-order chi connectivity index (χ0) is 18.6. The van der Waals surface area contributed by atoms with Crippen LogP contribution in [0.15, 0.2) is 69.6 Å². The summed E-state index contributed by atoms with van der Waals surface area (Å²) in [6, 6.07) is 16.8. The number of ether oxygens (including phenoxy) is 1. The zero-order valence-corrected chi connectivity index (χ0v) is 15.1. The largest absolute Gasteiger partial charge is 0.457 e. The van der Waals surface area contributed by atoms with Crippen molar-refractivity contribution in [2.45, 2.75) is 19.4 Å². The summed E-state index contributed by atoms with van der Waals surface area (Å²) in [5.74, 6) is 1.41. The van der Waals surface area contributed by atoms with E-state index >= 15 is 0 Å². The van der Waals surface area contributed by atoms with Gasteiger partial charge in [-0.15, -0.1) is 0 Å². The lowest BCUT2D eigenvalue weighted by Gasteiger charge is -2.01. The maximum Gasteiger partial charge on any atom is 0.306 e. The monoisotopic (exact) mass is 381 g/mol. The Labute approximate surface area is 160 Å². The van der Waals surface area contributed by atoms with Crippen LogP contribution in [0.3, 0.4) is 0 Å². The molecule has 0 aliphatic rings. The number of carbonyl (C=O) groups is 1. The highest BCUT2D eigenvalue weighted by molar-refractivity contribution is 6.30. The summed E-state index contributed by atoms with van der Waals surface area (Å²) in [4.78, 5) is 16.2. The number of halogens is 1. The minimum Gasteiger partial charge on any atom is -0.457 e. The summed E-state index contributed by atoms with van der Waals surface area (Å²) < 4.78 is 16.6. The molecule has 0 saturated heterocycles. The van der Waals surface area contributed by atoms with Crippen LogP contribution in [-0.4, -0.2) is 11.0 Å². The number of fused-ring (bicyclic) bond motifs is 1. The molecule has 0 N–H and O–H groups in total. The van der Waals surface area contributed by atoms with Crippen LogP contribution in [0.25, 0.3) is 22.3 Å². The molecule has 0 radical (unpaired) electrons. The minimum absolute atomic E-state index is 0.106. The van der Waals surface area contributed by atoms with Crippen LogP contribution in [0.1, 0.15) is 18.1 Å². The van der Waals surface area contributed by atoms with Gasteiger partial charge in [-0.3, -0.25) is 4.79 Å². The van der Waals surface area contributed by atoms with Gasteiger partial charge in [0.2, 0.25) is 0 Å². The molecule has 4 rings (SSSR count). The molecule has 0 unspecified atom stereocenters. The number of aromatic nitrogens is 1. The van der Waals surface area contributed by atoms with E-state index in [1.54, 1.807) is 18.3 Å². The summed E-state index contributed by atoms with van der Waals surface area (Å²) in [7, 11) is 0. The molecule has 2 aromatic heterocycles. The van der Waals surface area contributed by atoms with Gasteiger partial charge in [-0.2, -0.15) is 0 Å². The standard InChI is InChI=1S/C21H16ClNO4/c22-16-7-5-14(6-8-16)19-12-23-20(27-19)9-10-21(24)25-13-17-11-15-3-1-2-4-18(15)26-17/h1-8,11-12H,9-10,13H2. The number of furan rings is 1. The van der Waals surface area contributed by atoms with E-state index in [4.69, 9.17) is 25.2 Å². The predicted octanol–water partition coefficient (Wildman–Crippen LogP) is 5.42. The predicted molar refractivity (Wildman–Crippen MR) is 101 cm³/mol. The number of hydrogen-bond acceptors (Lipinski definition) is 5. The Morgan fingerprint density at radius 1 is 1.07 bits per heavy atom. The molecule has 0 atom stereocenters. The third kappa shape index (κ3) is 4.20. The molecule has 0 saturated carbocycles. The van der Waals surface area contributed by atoms with Crippen LogP contribution in [0.4, 0.5) is 0 Å². The Morgan fingerprint density at radius 2 is 1.89 bits per heavy atom. The number of rotatable bonds is 6. The van der Waals surface area contributed by atoms with Gasteiger partial charge in [0.1, 0.15) is 18.0 Å². The number of carbonyl (C=O) groups excluding carboxylic acids is 1. The average Bonchev–Trinajstić information content (AvgIpc) is 3.32. The van der Waals surface area contributed by atoms with Gasteiger partial charge in [0.25, 0.3) is 0 Å². The molecule has 27 heavy (non-hydrogen) atoms. The fraction of sp³-hybridized carbons (Fsp3) is 0.143. The molecule has 0 bridgehead atoms. The van der Waals surface area contributed by atoms with Crippen molar-refractivity contribution in [3.05, 3.63) is 77.5 Å². The fourth-order valence-electron chi connectivity index (χ4n) is 2.71. The first kappa shape index (κ1) is 17.4. The normalized spacial score (nSPS) is 11.0. The Hall–Kier alpha value is -3.05. The Balaban J connectivity index is 1.29. The molecule has 2 aromatic carbocycles. The van der Waals surface area contributed by atoms with Gasteiger partial charge in [-0.25, -0.2) is 4.98 Å². The van der Waals surface area contributed by atoms with E-state index in [2.05, 4.69) is 4.98 Å². The number of hydrogen-bond donors (Lipinski definition) is 0. The quantitative estimate of drug-likeness (QED) is 0.417. The lowest BCUT2D eigenvalue weighted by Crippen LogP contribution is -2.05. The lowest BCUT2D eigenvalue weighted by molar-refractivity contribution is -0.145. The first-order chi connectivity index (χ1) is 13.2. The van der Waals surface area contributed by atoms with Gasteiger partial charge in [-0.1, -0.05) is 29.8 Å². The van der Waals surface area contributed by atoms with Gasteiger partial charge in [0.15, 0.2) is 11.7 Å². The van der Waals surface area contributed by atoms with E-state index in [0.29, 0.717) is 28.9 Å². The van der Waals surface area contributed by atoms with E-state index in [1.807, 2.05) is 42.5 Å². The van der Waals surface area contributed by atoms with Crippen LogP contribution >= 0.6 is 11.6 Å². The fourth-order valence-corrected chi connectivity index (χ4v) is 2.84. The topological polar surface area (TPSA) is 65.5 Å². The second-order valence-corrected chi connectivity index (χ2v) is 6.47. The van der Waals surface area contributed by atoms with Crippen molar-refractivity contribution < 1.29 is 18.4 Å². The van der Waals surface area contributed by atoms with E-state index < -0.39 is 0 Å². The molecular formula is C21H16ClNO4. The molecule has 0 fully saturated rings. The van der Waals surface area contributed by atoms with Crippen LogP contribution in [0, 0.1) is 0 Å². The van der Waals surface area contributed by atoms with E-state index in [1.165, 1.54) is 0 Å². The molecule has 0 aliphatic carbocycles. The van der Waals surface area contributed by atoms with Crippen LogP contribution in [-0.2, 0) is 22.6 Å². The van der Waals surface area contributed by atoms with E-state index in [-0.39, 0.29) is 19.0 Å². The number of para-hydroxylation sites is 1. The molecule has 5 nitrogen and oxygen atoms in total. The van der Waals surface area contributed by atoms with Gasteiger partial charge in [0, 0.05) is 22.4 Å². The summed E-state index contributed by atoms with van der Waals surface area (Å²) >= 11 is 5.88. The Kier molecular flexibility index (Phi) is 4.94. The average molecular weight is 382 g/mol. The van der Waals surface area contributed by atoms with Crippen LogP contribution < -0.4 is 0 Å². The second kappa shape index (κ2) is 7.68. The lowest BCUT2D eigenvalue weighted by atomic mass is 10.2. The molecule has 136 valence electrons. The molecule has 4 aromatic rings. The van der Waals surface area contributed by atoms with E-state index in [9.17, 15) is 4.79 Å². The number of nitrogens with zero attached hydrogens (tertiary/aromatic N) is 1. The summed E-state index contributed by atoms with van der Waals surface area (Å²) in [5, 5.41) is 1.64. The molecule has 0 spiro atoms. The summed E-state index contributed by atoms with van der Waals surface area (Å²) in [6.45, 7) is 0.106. The first-order valence-corrected chi connectivity index (χ1v) is 8.89. The van der Waals surface area contributed by atoms with Gasteiger partial charge >= 0.3 is 5.97 Å². The Morgan fingerprint density at radius 3 is 2.70 bits per heavy atom. The maximum absolute atomic E-state index is 12.0. The van der Waals surface area contributed by atoms with Crippen LogP contribution in [0.5, 0.6) is 0 Å². The SMILES string of the molecule is O=C(CCc1ncc(-c2ccc(Cl)cc2)o1)OCc1cc2ccccc2o1. The van der Waals surface area contributed by atoms with Crippen molar-refractivity contribution in [2.24, 2.45) is 0 Å². The molecule has 2 heterocycles. The van der Waals surface area contributed by atoms with Gasteiger partial charge < -0.3 is 13.6 Å². The van der Waals surface area contributed by atoms with Gasteiger partial charge in [0.05, 0.1) is 12.6 Å². The highest BCUT2D eigenvalue weighted by Crippen LogP contribution is 2.23. The maximum atomic E-state index is 12.0. The van der Waals surface area contributed by atoms with Crippen molar-refractivity contribution in [2.75, 3.05) is 0 Å². The highest BCUT2D eigenvalue weighted by atomic mass is 35.5. The van der Waals surface area contributed by atoms with Gasteiger partial charge in [-0.05, 0) is 36.4 Å². The smallest absolute Gasteiger partial charge is 0.306 e. The summed E-state index contributed by atoms with van der Waals surface area (Å²) in [6.07, 6.45) is 2.19. The molecule has 0 aliphatic heterocycles. The highest BCUT2D eigenvalue weighted by Gasteiger charge is 2.11. The first-order valence-electron chi connectivity index (χ1n) is 8.51. The van der Waals surface area contributed by atoms with E-state index in [0.717, 1.165) is 16.5 Å². The molecular weight excluding hydrogens is 366 g/mol. The molecule has 6 heteroatoms. The van der Waals surface area contributed by atoms with Crippen molar-refractivity contribution >= 4 is 28.5 Å². The van der Waals surface area contributed by atoms with Crippen molar-refractivity contribution in [1.82, 2.24) is 4.98 Å².